The number of aryl methyl sites for hydroxylation is 2. The number of rotatable bonds is 4. The predicted molar refractivity (Wildman–Crippen MR) is 84.0 cm³/mol. The van der Waals surface area contributed by atoms with Gasteiger partial charge >= 0.3 is 0 Å². The van der Waals surface area contributed by atoms with Gasteiger partial charge in [0.1, 0.15) is 0 Å². The van der Waals surface area contributed by atoms with E-state index < -0.39 is 0 Å². The fourth-order valence-electron chi connectivity index (χ4n) is 1.95. The Balaban J connectivity index is 2.13. The van der Waals surface area contributed by atoms with Gasteiger partial charge in [-0.15, -0.1) is 0 Å². The van der Waals surface area contributed by atoms with Crippen LogP contribution in [0.3, 0.4) is 0 Å². The molecule has 2 rings (SSSR count). The van der Waals surface area contributed by atoms with E-state index in [0.29, 0.717) is 6.54 Å². The van der Waals surface area contributed by atoms with Crippen molar-refractivity contribution in [3.8, 4) is 0 Å². The van der Waals surface area contributed by atoms with E-state index in [1.807, 2.05) is 13.8 Å². The van der Waals surface area contributed by atoms with Gasteiger partial charge in [0.25, 0.3) is 5.69 Å². The summed E-state index contributed by atoms with van der Waals surface area (Å²) in [5.74, 6) is 0. The monoisotopic (exact) mass is 334 g/mol. The summed E-state index contributed by atoms with van der Waals surface area (Å²) < 4.78 is 1.06. The van der Waals surface area contributed by atoms with Crippen LogP contribution < -0.4 is 5.32 Å². The first-order valence-electron chi connectivity index (χ1n) is 6.21. The zero-order valence-corrected chi connectivity index (χ0v) is 12.9. The predicted octanol–water partition coefficient (Wildman–Crippen LogP) is 4.59. The van der Waals surface area contributed by atoms with Gasteiger partial charge in [-0.25, -0.2) is 0 Å². The highest BCUT2D eigenvalue weighted by atomic mass is 79.9. The maximum atomic E-state index is 10.7. The summed E-state index contributed by atoms with van der Waals surface area (Å²) in [6, 6.07) is 11.0. The van der Waals surface area contributed by atoms with Crippen molar-refractivity contribution in [3.63, 3.8) is 0 Å². The Morgan fingerprint density at radius 2 is 1.95 bits per heavy atom. The second-order valence-electron chi connectivity index (χ2n) is 4.70. The van der Waals surface area contributed by atoms with Crippen LogP contribution in [0.4, 0.5) is 11.4 Å². The first-order chi connectivity index (χ1) is 9.47. The van der Waals surface area contributed by atoms with E-state index >= 15 is 0 Å². The normalized spacial score (nSPS) is 10.3. The molecule has 0 atom stereocenters. The van der Waals surface area contributed by atoms with Crippen LogP contribution in [0.25, 0.3) is 0 Å². The second-order valence-corrected chi connectivity index (χ2v) is 5.56. The summed E-state index contributed by atoms with van der Waals surface area (Å²) in [6.07, 6.45) is 0. The Morgan fingerprint density at radius 1 is 1.20 bits per heavy atom. The number of hydrogen-bond acceptors (Lipinski definition) is 3. The molecule has 0 heterocycles. The van der Waals surface area contributed by atoms with Gasteiger partial charge in [-0.05, 0) is 42.7 Å². The fraction of sp³-hybridized carbons (Fsp3) is 0.200. The molecule has 5 heteroatoms. The molecular weight excluding hydrogens is 320 g/mol. The molecular formula is C15H15BrN2O2. The molecule has 0 saturated carbocycles. The van der Waals surface area contributed by atoms with Crippen molar-refractivity contribution in [1.29, 1.82) is 0 Å². The van der Waals surface area contributed by atoms with E-state index in [2.05, 4.69) is 39.4 Å². The maximum absolute atomic E-state index is 10.7. The molecule has 104 valence electrons. The van der Waals surface area contributed by atoms with Crippen molar-refractivity contribution in [1.82, 2.24) is 0 Å². The molecule has 0 bridgehead atoms. The molecule has 0 aliphatic carbocycles. The molecule has 0 saturated heterocycles. The molecule has 0 amide bonds. The van der Waals surface area contributed by atoms with E-state index in [1.54, 1.807) is 12.1 Å². The van der Waals surface area contributed by atoms with Crippen molar-refractivity contribution < 1.29 is 4.92 Å². The van der Waals surface area contributed by atoms with Crippen LogP contribution in [0.15, 0.2) is 40.9 Å². The lowest BCUT2D eigenvalue weighted by Crippen LogP contribution is -2.02. The molecule has 0 aromatic heterocycles. The number of non-ortho nitro benzene ring substituents is 1. The number of benzene rings is 2. The van der Waals surface area contributed by atoms with Crippen LogP contribution in [0.5, 0.6) is 0 Å². The SMILES string of the molecule is Cc1ccc(CNc2ccc([N+](=O)[O-])cc2C)c(Br)c1. The minimum absolute atomic E-state index is 0.115. The van der Waals surface area contributed by atoms with Crippen molar-refractivity contribution in [2.45, 2.75) is 20.4 Å². The summed E-state index contributed by atoms with van der Waals surface area (Å²) in [5, 5.41) is 14.0. The summed E-state index contributed by atoms with van der Waals surface area (Å²) in [5.41, 5.74) is 4.23. The van der Waals surface area contributed by atoms with Crippen LogP contribution in [-0.4, -0.2) is 4.92 Å². The smallest absolute Gasteiger partial charge is 0.269 e. The number of halogens is 1. The van der Waals surface area contributed by atoms with Crippen molar-refractivity contribution >= 4 is 27.3 Å². The minimum Gasteiger partial charge on any atom is -0.381 e. The Hall–Kier alpha value is -1.88. The summed E-state index contributed by atoms with van der Waals surface area (Å²) in [4.78, 5) is 10.3. The molecule has 0 radical (unpaired) electrons. The van der Waals surface area contributed by atoms with Gasteiger partial charge in [-0.1, -0.05) is 28.1 Å². The topological polar surface area (TPSA) is 55.2 Å². The van der Waals surface area contributed by atoms with Gasteiger partial charge in [-0.2, -0.15) is 0 Å². The largest absolute Gasteiger partial charge is 0.381 e. The Morgan fingerprint density at radius 3 is 2.55 bits per heavy atom. The van der Waals surface area contributed by atoms with Crippen LogP contribution >= 0.6 is 15.9 Å². The third-order valence-electron chi connectivity index (χ3n) is 3.10. The van der Waals surface area contributed by atoms with E-state index in [1.165, 1.54) is 11.6 Å². The Bertz CT molecular complexity index is 656. The number of nitrogens with one attached hydrogen (secondary N) is 1. The number of nitrogens with zero attached hydrogens (tertiary/aromatic N) is 1. The van der Waals surface area contributed by atoms with E-state index in [4.69, 9.17) is 0 Å². The minimum atomic E-state index is -0.382. The highest BCUT2D eigenvalue weighted by Crippen LogP contribution is 2.23. The molecule has 0 spiro atoms. The zero-order valence-electron chi connectivity index (χ0n) is 11.3. The van der Waals surface area contributed by atoms with E-state index in [9.17, 15) is 10.1 Å². The van der Waals surface area contributed by atoms with Gasteiger partial charge < -0.3 is 5.32 Å². The Kier molecular flexibility index (Phi) is 4.39. The molecule has 1 N–H and O–H groups in total. The van der Waals surface area contributed by atoms with Gasteiger partial charge in [0.2, 0.25) is 0 Å². The number of hydrogen-bond donors (Lipinski definition) is 1. The third kappa shape index (κ3) is 3.36. The van der Waals surface area contributed by atoms with Crippen LogP contribution in [0.1, 0.15) is 16.7 Å². The number of nitro benzene ring substituents is 1. The lowest BCUT2D eigenvalue weighted by molar-refractivity contribution is -0.384. The van der Waals surface area contributed by atoms with Gasteiger partial charge in [0.15, 0.2) is 0 Å². The maximum Gasteiger partial charge on any atom is 0.269 e. The first kappa shape index (κ1) is 14.5. The van der Waals surface area contributed by atoms with Gasteiger partial charge in [-0.3, -0.25) is 10.1 Å². The molecule has 0 unspecified atom stereocenters. The summed E-state index contributed by atoms with van der Waals surface area (Å²) in [7, 11) is 0. The standard InChI is InChI=1S/C15H15BrN2O2/c1-10-3-4-12(14(16)7-10)9-17-15-6-5-13(18(19)20)8-11(15)2/h3-8,17H,9H2,1-2H3. The van der Waals surface area contributed by atoms with Crippen molar-refractivity contribution in [2.75, 3.05) is 5.32 Å². The van der Waals surface area contributed by atoms with Crippen molar-refractivity contribution in [2.24, 2.45) is 0 Å². The Labute approximate surface area is 126 Å². The molecule has 0 aliphatic rings. The number of anilines is 1. The summed E-state index contributed by atoms with van der Waals surface area (Å²) >= 11 is 3.54. The highest BCUT2D eigenvalue weighted by Gasteiger charge is 2.08. The van der Waals surface area contributed by atoms with Crippen molar-refractivity contribution in [3.05, 3.63) is 67.7 Å². The molecule has 0 aliphatic heterocycles. The second kappa shape index (κ2) is 6.05. The average molecular weight is 335 g/mol. The van der Waals surface area contributed by atoms with E-state index in [-0.39, 0.29) is 10.6 Å². The van der Waals surface area contributed by atoms with Gasteiger partial charge in [0, 0.05) is 28.8 Å². The lowest BCUT2D eigenvalue weighted by Gasteiger charge is -2.11. The molecule has 20 heavy (non-hydrogen) atoms. The lowest BCUT2D eigenvalue weighted by atomic mass is 10.1. The molecule has 0 fully saturated rings. The van der Waals surface area contributed by atoms with Crippen LogP contribution in [0.2, 0.25) is 0 Å². The zero-order chi connectivity index (χ0) is 14.7. The first-order valence-corrected chi connectivity index (χ1v) is 7.00. The van der Waals surface area contributed by atoms with Gasteiger partial charge in [0.05, 0.1) is 4.92 Å². The van der Waals surface area contributed by atoms with Crippen LogP contribution in [-0.2, 0) is 6.54 Å². The third-order valence-corrected chi connectivity index (χ3v) is 3.84. The highest BCUT2D eigenvalue weighted by molar-refractivity contribution is 9.10. The quantitative estimate of drug-likeness (QED) is 0.657. The summed E-state index contributed by atoms with van der Waals surface area (Å²) in [6.45, 7) is 4.57. The fourth-order valence-corrected chi connectivity index (χ4v) is 2.58. The average Bonchev–Trinajstić information content (AvgIpc) is 2.38. The number of nitro groups is 1. The van der Waals surface area contributed by atoms with Crippen LogP contribution in [0, 0.1) is 24.0 Å². The van der Waals surface area contributed by atoms with E-state index in [0.717, 1.165) is 21.3 Å². The molecule has 4 nitrogen and oxygen atoms in total. The molecule has 2 aromatic carbocycles. The molecule has 2 aromatic rings.